The highest BCUT2D eigenvalue weighted by atomic mass is 35.5. The summed E-state index contributed by atoms with van der Waals surface area (Å²) in [7, 11) is 0. The lowest BCUT2D eigenvalue weighted by Crippen LogP contribution is -2.26. The summed E-state index contributed by atoms with van der Waals surface area (Å²) >= 11 is 12.1. The van der Waals surface area contributed by atoms with Crippen molar-refractivity contribution in [1.29, 1.82) is 0 Å². The third-order valence-corrected chi connectivity index (χ3v) is 4.41. The number of hydrogen-bond donors (Lipinski definition) is 1. The minimum atomic E-state index is -0.258. The largest absolute Gasteiger partial charge is 0.457 e. The summed E-state index contributed by atoms with van der Waals surface area (Å²) in [6, 6.07) is 21.4. The molecule has 0 spiro atoms. The summed E-state index contributed by atoms with van der Waals surface area (Å²) in [4.78, 5) is 12.6. The van der Waals surface area contributed by atoms with E-state index in [2.05, 4.69) is 5.32 Å². The fourth-order valence-corrected chi connectivity index (χ4v) is 3.11. The average molecular weight is 386 g/mol. The van der Waals surface area contributed by atoms with Crippen LogP contribution in [0.4, 0.5) is 0 Å². The van der Waals surface area contributed by atoms with Crippen molar-refractivity contribution < 1.29 is 9.53 Å². The summed E-state index contributed by atoms with van der Waals surface area (Å²) in [6.07, 6.45) is 0. The molecule has 3 aromatic rings. The SMILES string of the molecule is C[C@@H](NC(=O)c1cccc(Oc2ccccc2)c1)c1ccc(Cl)cc1Cl. The van der Waals surface area contributed by atoms with Crippen LogP contribution in [0, 0.1) is 0 Å². The van der Waals surface area contributed by atoms with Gasteiger partial charge in [0.25, 0.3) is 5.91 Å². The zero-order valence-electron chi connectivity index (χ0n) is 14.1. The molecular formula is C21H17Cl2NO2. The van der Waals surface area contributed by atoms with Gasteiger partial charge < -0.3 is 10.1 Å². The molecule has 1 amide bonds. The fraction of sp³-hybridized carbons (Fsp3) is 0.0952. The maximum absolute atomic E-state index is 12.6. The topological polar surface area (TPSA) is 38.3 Å². The summed E-state index contributed by atoms with van der Waals surface area (Å²) < 4.78 is 5.78. The first kappa shape index (κ1) is 18.3. The van der Waals surface area contributed by atoms with Crippen molar-refractivity contribution in [2.24, 2.45) is 0 Å². The van der Waals surface area contributed by atoms with Gasteiger partial charge in [-0.1, -0.05) is 53.5 Å². The second-order valence-corrected chi connectivity index (χ2v) is 6.65. The normalized spacial score (nSPS) is 11.7. The van der Waals surface area contributed by atoms with E-state index in [-0.39, 0.29) is 11.9 Å². The molecule has 1 atom stereocenters. The lowest BCUT2D eigenvalue weighted by molar-refractivity contribution is 0.0939. The smallest absolute Gasteiger partial charge is 0.251 e. The number of carbonyl (C=O) groups excluding carboxylic acids is 1. The lowest BCUT2D eigenvalue weighted by Gasteiger charge is -2.16. The van der Waals surface area contributed by atoms with E-state index in [1.54, 1.807) is 30.3 Å². The quantitative estimate of drug-likeness (QED) is 0.561. The Morgan fingerprint density at radius 3 is 2.38 bits per heavy atom. The second-order valence-electron chi connectivity index (χ2n) is 5.80. The molecule has 1 N–H and O–H groups in total. The summed E-state index contributed by atoms with van der Waals surface area (Å²) in [5, 5.41) is 4.02. The predicted molar refractivity (Wildman–Crippen MR) is 105 cm³/mol. The van der Waals surface area contributed by atoms with Gasteiger partial charge in [-0.25, -0.2) is 0 Å². The molecule has 0 heterocycles. The first-order valence-corrected chi connectivity index (χ1v) is 8.87. The van der Waals surface area contributed by atoms with Gasteiger partial charge in [0.1, 0.15) is 11.5 Å². The van der Waals surface area contributed by atoms with Crippen molar-refractivity contribution in [1.82, 2.24) is 5.32 Å². The van der Waals surface area contributed by atoms with Crippen LogP contribution in [-0.2, 0) is 0 Å². The molecule has 0 aromatic heterocycles. The average Bonchev–Trinajstić information content (AvgIpc) is 2.62. The number of hydrogen-bond acceptors (Lipinski definition) is 2. The highest BCUT2D eigenvalue weighted by Gasteiger charge is 2.15. The zero-order valence-corrected chi connectivity index (χ0v) is 15.6. The Balaban J connectivity index is 1.72. The van der Waals surface area contributed by atoms with Gasteiger partial charge in [0, 0.05) is 15.6 Å². The number of halogens is 2. The number of amides is 1. The van der Waals surface area contributed by atoms with Crippen LogP contribution in [0.25, 0.3) is 0 Å². The minimum Gasteiger partial charge on any atom is -0.457 e. The first-order valence-electron chi connectivity index (χ1n) is 8.12. The number of carbonyl (C=O) groups is 1. The molecule has 132 valence electrons. The van der Waals surface area contributed by atoms with E-state index in [1.807, 2.05) is 49.4 Å². The predicted octanol–water partition coefficient (Wildman–Crippen LogP) is 6.28. The van der Waals surface area contributed by atoms with Crippen molar-refractivity contribution in [2.75, 3.05) is 0 Å². The monoisotopic (exact) mass is 385 g/mol. The van der Waals surface area contributed by atoms with E-state index in [4.69, 9.17) is 27.9 Å². The van der Waals surface area contributed by atoms with Gasteiger partial charge in [0.2, 0.25) is 0 Å². The Hall–Kier alpha value is -2.49. The van der Waals surface area contributed by atoms with Gasteiger partial charge in [-0.15, -0.1) is 0 Å². The van der Waals surface area contributed by atoms with E-state index in [0.717, 1.165) is 5.56 Å². The summed E-state index contributed by atoms with van der Waals surface area (Å²) in [5.41, 5.74) is 1.32. The highest BCUT2D eigenvalue weighted by molar-refractivity contribution is 6.35. The maximum Gasteiger partial charge on any atom is 0.251 e. The molecule has 0 fully saturated rings. The Bertz CT molecular complexity index is 913. The molecule has 0 saturated heterocycles. The Morgan fingerprint density at radius 1 is 0.923 bits per heavy atom. The van der Waals surface area contributed by atoms with Gasteiger partial charge in [-0.3, -0.25) is 4.79 Å². The van der Waals surface area contributed by atoms with Crippen molar-refractivity contribution in [3.8, 4) is 11.5 Å². The van der Waals surface area contributed by atoms with Crippen LogP contribution in [0.3, 0.4) is 0 Å². The summed E-state index contributed by atoms with van der Waals surface area (Å²) in [5.74, 6) is 1.11. The highest BCUT2D eigenvalue weighted by Crippen LogP contribution is 2.27. The minimum absolute atomic E-state index is 0.206. The van der Waals surface area contributed by atoms with E-state index in [0.29, 0.717) is 27.1 Å². The van der Waals surface area contributed by atoms with E-state index < -0.39 is 0 Å². The van der Waals surface area contributed by atoms with Crippen LogP contribution in [0.5, 0.6) is 11.5 Å². The molecule has 0 aliphatic rings. The molecule has 26 heavy (non-hydrogen) atoms. The number of para-hydroxylation sites is 1. The molecule has 3 nitrogen and oxygen atoms in total. The van der Waals surface area contributed by atoms with Crippen LogP contribution in [0.1, 0.15) is 28.9 Å². The molecule has 0 unspecified atom stereocenters. The molecule has 0 aliphatic carbocycles. The number of ether oxygens (including phenoxy) is 1. The number of rotatable bonds is 5. The van der Waals surface area contributed by atoms with Gasteiger partial charge in [-0.2, -0.15) is 0 Å². The third-order valence-electron chi connectivity index (χ3n) is 3.85. The van der Waals surface area contributed by atoms with Crippen LogP contribution in [0.15, 0.2) is 72.8 Å². The summed E-state index contributed by atoms with van der Waals surface area (Å²) in [6.45, 7) is 1.87. The standard InChI is InChI=1S/C21H17Cl2NO2/c1-14(19-11-10-16(22)13-20(19)23)24-21(25)15-6-5-9-18(12-15)26-17-7-3-2-4-8-17/h2-14H,1H3,(H,24,25)/t14-/m1/s1. The van der Waals surface area contributed by atoms with E-state index in [9.17, 15) is 4.79 Å². The molecule has 0 bridgehead atoms. The van der Waals surface area contributed by atoms with E-state index in [1.165, 1.54) is 0 Å². The van der Waals surface area contributed by atoms with Gasteiger partial charge in [0.05, 0.1) is 6.04 Å². The van der Waals surface area contributed by atoms with Crippen LogP contribution in [0.2, 0.25) is 10.0 Å². The lowest BCUT2D eigenvalue weighted by atomic mass is 10.1. The van der Waals surface area contributed by atoms with Crippen LogP contribution in [-0.4, -0.2) is 5.91 Å². The van der Waals surface area contributed by atoms with Crippen LogP contribution < -0.4 is 10.1 Å². The van der Waals surface area contributed by atoms with Crippen molar-refractivity contribution in [2.45, 2.75) is 13.0 Å². The molecule has 5 heteroatoms. The molecule has 0 saturated carbocycles. The Morgan fingerprint density at radius 2 is 1.65 bits per heavy atom. The van der Waals surface area contributed by atoms with Crippen molar-refractivity contribution in [3.63, 3.8) is 0 Å². The van der Waals surface area contributed by atoms with Crippen molar-refractivity contribution in [3.05, 3.63) is 94.0 Å². The molecule has 3 aromatic carbocycles. The Labute approximate surface area is 162 Å². The molecule has 0 aliphatic heterocycles. The Kier molecular flexibility index (Phi) is 5.82. The third kappa shape index (κ3) is 4.57. The van der Waals surface area contributed by atoms with E-state index >= 15 is 0 Å². The number of nitrogens with one attached hydrogen (secondary N) is 1. The van der Waals surface area contributed by atoms with Crippen molar-refractivity contribution >= 4 is 29.1 Å². The van der Waals surface area contributed by atoms with Gasteiger partial charge in [-0.05, 0) is 55.0 Å². The molecule has 3 rings (SSSR count). The fourth-order valence-electron chi connectivity index (χ4n) is 2.54. The van der Waals surface area contributed by atoms with Gasteiger partial charge >= 0.3 is 0 Å². The zero-order chi connectivity index (χ0) is 18.5. The van der Waals surface area contributed by atoms with Crippen LogP contribution >= 0.6 is 23.2 Å². The van der Waals surface area contributed by atoms with Gasteiger partial charge in [0.15, 0.2) is 0 Å². The second kappa shape index (κ2) is 8.26. The first-order chi connectivity index (χ1) is 12.5. The molecular weight excluding hydrogens is 369 g/mol. The molecule has 0 radical (unpaired) electrons. The number of benzene rings is 3. The maximum atomic E-state index is 12.6.